The van der Waals surface area contributed by atoms with Crippen LogP contribution in [0.1, 0.15) is 27.8 Å². The molecule has 0 spiro atoms. The molecule has 0 amide bonds. The smallest absolute Gasteiger partial charge is 0.173 e. The Morgan fingerprint density at radius 3 is 2.57 bits per heavy atom. The van der Waals surface area contributed by atoms with Gasteiger partial charge in [-0.1, -0.05) is 35.9 Å². The van der Waals surface area contributed by atoms with Gasteiger partial charge in [0.1, 0.15) is 5.15 Å². The van der Waals surface area contributed by atoms with Gasteiger partial charge in [0.2, 0.25) is 0 Å². The second-order valence-electron chi connectivity index (χ2n) is 7.68. The monoisotopic (exact) mass is 441 g/mol. The van der Waals surface area contributed by atoms with Crippen LogP contribution in [0.2, 0.25) is 5.15 Å². The summed E-state index contributed by atoms with van der Waals surface area (Å²) < 4.78 is 5.30. The molecule has 0 saturated carbocycles. The maximum absolute atomic E-state index is 6.58. The third-order valence-electron chi connectivity index (χ3n) is 5.39. The summed E-state index contributed by atoms with van der Waals surface area (Å²) >= 11 is 12.3. The highest BCUT2D eigenvalue weighted by molar-refractivity contribution is 7.80. The SMILES string of the molecule is COCCN(Cc1cc2ccc(C)c(C)c2nc1Cl)C(=S)Nc1cc(C)ccc1C. The summed E-state index contributed by atoms with van der Waals surface area (Å²) in [6.45, 7) is 10.1. The van der Waals surface area contributed by atoms with E-state index in [-0.39, 0.29) is 0 Å². The number of ether oxygens (including phenoxy) is 1. The van der Waals surface area contributed by atoms with Gasteiger partial charge in [0.15, 0.2) is 5.11 Å². The van der Waals surface area contributed by atoms with Crippen LogP contribution in [0.25, 0.3) is 10.9 Å². The van der Waals surface area contributed by atoms with E-state index in [0.717, 1.165) is 33.3 Å². The van der Waals surface area contributed by atoms with E-state index in [4.69, 9.17) is 28.6 Å². The summed E-state index contributed by atoms with van der Waals surface area (Å²) in [5, 5.41) is 5.62. The van der Waals surface area contributed by atoms with Crippen molar-refractivity contribution in [2.45, 2.75) is 34.2 Å². The summed E-state index contributed by atoms with van der Waals surface area (Å²) in [5.74, 6) is 0. The van der Waals surface area contributed by atoms with Gasteiger partial charge in [-0.2, -0.15) is 0 Å². The molecule has 0 radical (unpaired) electrons. The van der Waals surface area contributed by atoms with Gasteiger partial charge < -0.3 is 15.0 Å². The second-order valence-corrected chi connectivity index (χ2v) is 8.43. The molecule has 158 valence electrons. The van der Waals surface area contributed by atoms with Crippen LogP contribution in [0.5, 0.6) is 0 Å². The fourth-order valence-electron chi connectivity index (χ4n) is 3.34. The number of fused-ring (bicyclic) bond motifs is 1. The molecule has 0 fully saturated rings. The predicted molar refractivity (Wildman–Crippen MR) is 131 cm³/mol. The number of methoxy groups -OCH3 is 1. The van der Waals surface area contributed by atoms with Gasteiger partial charge in [-0.05, 0) is 74.3 Å². The average Bonchev–Trinajstić information content (AvgIpc) is 2.71. The Labute approximate surface area is 189 Å². The number of benzene rings is 2. The minimum atomic E-state index is 0.508. The Hall–Kier alpha value is -2.21. The van der Waals surface area contributed by atoms with E-state index in [9.17, 15) is 0 Å². The van der Waals surface area contributed by atoms with Crippen molar-refractivity contribution in [1.82, 2.24) is 9.88 Å². The fraction of sp³-hybridized carbons (Fsp3) is 0.333. The van der Waals surface area contributed by atoms with Gasteiger partial charge in [0, 0.05) is 36.8 Å². The predicted octanol–water partition coefficient (Wildman–Crippen LogP) is 5.97. The van der Waals surface area contributed by atoms with Crippen LogP contribution in [0, 0.1) is 27.7 Å². The number of aromatic nitrogens is 1. The molecule has 3 rings (SSSR count). The van der Waals surface area contributed by atoms with Crippen molar-refractivity contribution in [2.75, 3.05) is 25.6 Å². The van der Waals surface area contributed by atoms with Crippen LogP contribution in [-0.2, 0) is 11.3 Å². The normalized spacial score (nSPS) is 11.0. The van der Waals surface area contributed by atoms with E-state index in [1.165, 1.54) is 11.1 Å². The van der Waals surface area contributed by atoms with Crippen molar-refractivity contribution in [1.29, 1.82) is 0 Å². The molecular formula is C24H28ClN3OS. The first-order valence-electron chi connectivity index (χ1n) is 9.97. The first-order valence-corrected chi connectivity index (χ1v) is 10.8. The molecule has 0 bridgehead atoms. The summed E-state index contributed by atoms with van der Waals surface area (Å²) in [7, 11) is 1.69. The van der Waals surface area contributed by atoms with Crippen molar-refractivity contribution in [3.63, 3.8) is 0 Å². The first kappa shape index (κ1) is 22.5. The Morgan fingerprint density at radius 1 is 1.10 bits per heavy atom. The number of hydrogen-bond acceptors (Lipinski definition) is 3. The van der Waals surface area contributed by atoms with Gasteiger partial charge in [0.25, 0.3) is 0 Å². The Morgan fingerprint density at radius 2 is 1.83 bits per heavy atom. The molecule has 4 nitrogen and oxygen atoms in total. The Balaban J connectivity index is 1.89. The number of pyridine rings is 1. The zero-order valence-electron chi connectivity index (χ0n) is 18.2. The van der Waals surface area contributed by atoms with Crippen molar-refractivity contribution in [2.24, 2.45) is 0 Å². The Bertz CT molecular complexity index is 1080. The summed E-state index contributed by atoms with van der Waals surface area (Å²) in [6, 6.07) is 12.6. The molecular weight excluding hydrogens is 414 g/mol. The zero-order chi connectivity index (χ0) is 21.8. The summed E-state index contributed by atoms with van der Waals surface area (Å²) in [6.07, 6.45) is 0. The lowest BCUT2D eigenvalue weighted by atomic mass is 10.0. The lowest BCUT2D eigenvalue weighted by molar-refractivity contribution is 0.175. The summed E-state index contributed by atoms with van der Waals surface area (Å²) in [5.41, 5.74) is 7.59. The minimum Gasteiger partial charge on any atom is -0.383 e. The van der Waals surface area contributed by atoms with Crippen LogP contribution in [0.3, 0.4) is 0 Å². The van der Waals surface area contributed by atoms with E-state index >= 15 is 0 Å². The van der Waals surface area contributed by atoms with Crippen LogP contribution in [0.15, 0.2) is 36.4 Å². The van der Waals surface area contributed by atoms with Crippen molar-refractivity contribution in [3.05, 3.63) is 69.4 Å². The molecule has 0 saturated heterocycles. The number of rotatable bonds is 6. The molecule has 0 aliphatic rings. The molecule has 30 heavy (non-hydrogen) atoms. The van der Waals surface area contributed by atoms with E-state index in [1.54, 1.807) is 7.11 Å². The second kappa shape index (κ2) is 9.73. The van der Waals surface area contributed by atoms with Crippen molar-refractivity contribution >= 4 is 45.5 Å². The molecule has 1 N–H and O–H groups in total. The van der Waals surface area contributed by atoms with Gasteiger partial charge >= 0.3 is 0 Å². The minimum absolute atomic E-state index is 0.508. The molecule has 3 aromatic rings. The fourth-order valence-corrected chi connectivity index (χ4v) is 3.80. The molecule has 0 unspecified atom stereocenters. The quantitative estimate of drug-likeness (QED) is 0.377. The van der Waals surface area contributed by atoms with Gasteiger partial charge in [-0.15, -0.1) is 0 Å². The van der Waals surface area contributed by atoms with Crippen LogP contribution in [-0.4, -0.2) is 35.3 Å². The first-order chi connectivity index (χ1) is 14.3. The molecule has 0 aliphatic carbocycles. The topological polar surface area (TPSA) is 37.4 Å². The molecule has 2 aromatic carbocycles. The number of halogens is 1. The molecule has 0 aliphatic heterocycles. The molecule has 6 heteroatoms. The van der Waals surface area contributed by atoms with Gasteiger partial charge in [-0.25, -0.2) is 4.98 Å². The number of thiocarbonyl (C=S) groups is 1. The van der Waals surface area contributed by atoms with Gasteiger partial charge in [-0.3, -0.25) is 0 Å². The lowest BCUT2D eigenvalue weighted by Crippen LogP contribution is -2.37. The number of aryl methyl sites for hydroxylation is 4. The maximum Gasteiger partial charge on any atom is 0.173 e. The van der Waals surface area contributed by atoms with Crippen LogP contribution < -0.4 is 5.32 Å². The number of nitrogens with one attached hydrogen (secondary N) is 1. The summed E-state index contributed by atoms with van der Waals surface area (Å²) in [4.78, 5) is 6.75. The standard InChI is InChI=1S/C24H28ClN3OS/c1-15-6-7-17(3)21(12-15)26-24(30)28(10-11-29-5)14-20-13-19-9-8-16(2)18(4)22(19)27-23(20)25/h6-9,12-13H,10-11,14H2,1-5H3,(H,26,30). The highest BCUT2D eigenvalue weighted by Crippen LogP contribution is 2.26. The third-order valence-corrected chi connectivity index (χ3v) is 6.07. The van der Waals surface area contributed by atoms with Crippen LogP contribution in [0.4, 0.5) is 5.69 Å². The van der Waals surface area contributed by atoms with E-state index in [1.807, 2.05) is 0 Å². The Kier molecular flexibility index (Phi) is 7.29. The maximum atomic E-state index is 6.58. The highest BCUT2D eigenvalue weighted by atomic mass is 35.5. The average molecular weight is 442 g/mol. The van der Waals surface area contributed by atoms with Crippen molar-refractivity contribution in [3.8, 4) is 0 Å². The van der Waals surface area contributed by atoms with E-state index in [0.29, 0.717) is 30.0 Å². The van der Waals surface area contributed by atoms with Gasteiger partial charge in [0.05, 0.1) is 12.1 Å². The largest absolute Gasteiger partial charge is 0.383 e. The number of hydrogen-bond donors (Lipinski definition) is 1. The molecule has 0 atom stereocenters. The number of nitrogens with zero attached hydrogens (tertiary/aromatic N) is 2. The third kappa shape index (κ3) is 5.09. The highest BCUT2D eigenvalue weighted by Gasteiger charge is 2.16. The van der Waals surface area contributed by atoms with E-state index in [2.05, 4.69) is 79.3 Å². The number of anilines is 1. The molecule has 1 aromatic heterocycles. The zero-order valence-corrected chi connectivity index (χ0v) is 19.7. The lowest BCUT2D eigenvalue weighted by Gasteiger charge is -2.27. The molecule has 1 heterocycles. The van der Waals surface area contributed by atoms with Crippen molar-refractivity contribution < 1.29 is 4.74 Å². The van der Waals surface area contributed by atoms with Crippen LogP contribution >= 0.6 is 23.8 Å². The van der Waals surface area contributed by atoms with E-state index < -0.39 is 0 Å².